The Bertz CT molecular complexity index is 321. The van der Waals surface area contributed by atoms with Crippen molar-refractivity contribution in [1.29, 1.82) is 0 Å². The van der Waals surface area contributed by atoms with Gasteiger partial charge in [0.15, 0.2) is 0 Å². The third-order valence-electron chi connectivity index (χ3n) is 1.69. The van der Waals surface area contributed by atoms with Crippen LogP contribution in [0.1, 0.15) is 18.1 Å². The summed E-state index contributed by atoms with van der Waals surface area (Å²) < 4.78 is 0. The topological polar surface area (TPSA) is 32.6 Å². The number of hydrogen-bond acceptors (Lipinski definition) is 2. The summed E-state index contributed by atoms with van der Waals surface area (Å²) in [6, 6.07) is 3.80. The molecule has 0 heterocycles. The van der Waals surface area contributed by atoms with E-state index in [1.165, 1.54) is 0 Å². The van der Waals surface area contributed by atoms with Crippen molar-refractivity contribution >= 4 is 11.9 Å². The van der Waals surface area contributed by atoms with Gasteiger partial charge in [0, 0.05) is 23.3 Å². The Morgan fingerprint density at radius 1 is 1.31 bits per heavy atom. The van der Waals surface area contributed by atoms with Crippen molar-refractivity contribution in [3.05, 3.63) is 23.3 Å². The van der Waals surface area contributed by atoms with E-state index in [0.717, 1.165) is 11.1 Å². The second-order valence-corrected chi connectivity index (χ2v) is 2.84. The van der Waals surface area contributed by atoms with E-state index in [1.807, 2.05) is 32.9 Å². The number of benzene rings is 1. The van der Waals surface area contributed by atoms with Crippen LogP contribution >= 0.6 is 0 Å². The molecule has 0 aromatic heterocycles. The summed E-state index contributed by atoms with van der Waals surface area (Å²) in [7, 11) is 0. The molecule has 0 amide bonds. The zero-order valence-corrected chi connectivity index (χ0v) is 8.87. The largest absolute Gasteiger partial charge is 0.505 e. The van der Waals surface area contributed by atoms with Gasteiger partial charge in [-0.3, -0.25) is 4.99 Å². The van der Waals surface area contributed by atoms with E-state index in [1.54, 1.807) is 6.21 Å². The minimum absolute atomic E-state index is 0. The van der Waals surface area contributed by atoms with E-state index >= 15 is 0 Å². The van der Waals surface area contributed by atoms with Crippen molar-refractivity contribution in [3.8, 4) is 5.75 Å². The maximum Gasteiger partial charge on any atom is 0.144 e. The fourth-order valence-corrected chi connectivity index (χ4v) is 1.18. The second kappa shape index (κ2) is 5.05. The van der Waals surface area contributed by atoms with E-state index in [2.05, 4.69) is 4.99 Å². The smallest absolute Gasteiger partial charge is 0.144 e. The van der Waals surface area contributed by atoms with Crippen LogP contribution in [0.15, 0.2) is 17.1 Å². The average molecular weight is 227 g/mol. The summed E-state index contributed by atoms with van der Waals surface area (Å²) in [4.78, 5) is 4.05. The van der Waals surface area contributed by atoms with Gasteiger partial charge in [0.05, 0.1) is 0 Å². The van der Waals surface area contributed by atoms with E-state index in [0.29, 0.717) is 5.69 Å². The molecule has 0 fully saturated rings. The molecular weight excluding hydrogens is 214 g/mol. The van der Waals surface area contributed by atoms with Crippen molar-refractivity contribution in [2.75, 3.05) is 0 Å². The van der Waals surface area contributed by atoms with Gasteiger partial charge in [-0.25, -0.2) is 0 Å². The summed E-state index contributed by atoms with van der Waals surface area (Å²) in [5.41, 5.74) is 2.64. The molecule has 1 radical (unpaired) electrons. The number of nitrogens with zero attached hydrogens (tertiary/aromatic N) is 1. The number of aryl methyl sites for hydroxylation is 2. The van der Waals surface area contributed by atoms with Crippen LogP contribution in [0.3, 0.4) is 0 Å². The standard InChI is InChI=1S/C10H13NO.Cu/c1-4-11-9-6-7(2)5-8(3)10(9)12;/h4-6,12H,1-3H3;. The number of phenolic OH excluding ortho intramolecular Hbond substituents is 1. The first-order valence-electron chi connectivity index (χ1n) is 3.94. The molecule has 0 bridgehead atoms. The minimum Gasteiger partial charge on any atom is -0.505 e. The summed E-state index contributed by atoms with van der Waals surface area (Å²) in [6.07, 6.45) is 1.67. The van der Waals surface area contributed by atoms with E-state index in [-0.39, 0.29) is 22.8 Å². The Morgan fingerprint density at radius 2 is 1.92 bits per heavy atom. The predicted octanol–water partition coefficient (Wildman–Crippen LogP) is 2.73. The predicted molar refractivity (Wildman–Crippen MR) is 51.4 cm³/mol. The summed E-state index contributed by atoms with van der Waals surface area (Å²) in [5, 5.41) is 9.54. The Kier molecular flexibility index (Phi) is 4.74. The molecule has 1 aromatic carbocycles. The summed E-state index contributed by atoms with van der Waals surface area (Å²) in [5.74, 6) is 0.277. The number of aliphatic imine (C=N–C) groups is 1. The quantitative estimate of drug-likeness (QED) is 0.580. The molecule has 0 saturated heterocycles. The van der Waals surface area contributed by atoms with Crippen LogP contribution in [-0.2, 0) is 17.1 Å². The third kappa shape index (κ3) is 2.87. The maximum atomic E-state index is 9.54. The molecular formula is C10H13CuNO. The fraction of sp³-hybridized carbons (Fsp3) is 0.300. The molecule has 0 aliphatic heterocycles. The number of phenols is 1. The van der Waals surface area contributed by atoms with Crippen molar-refractivity contribution < 1.29 is 22.2 Å². The van der Waals surface area contributed by atoms with Gasteiger partial charge in [0.25, 0.3) is 0 Å². The normalized spacial score (nSPS) is 10.1. The van der Waals surface area contributed by atoms with Gasteiger partial charge >= 0.3 is 0 Å². The van der Waals surface area contributed by atoms with Gasteiger partial charge < -0.3 is 5.11 Å². The zero-order chi connectivity index (χ0) is 9.14. The Labute approximate surface area is 89.2 Å². The van der Waals surface area contributed by atoms with Gasteiger partial charge in [-0.05, 0) is 38.0 Å². The Balaban J connectivity index is 0.00000144. The zero-order valence-electron chi connectivity index (χ0n) is 7.93. The average Bonchev–Trinajstić information content (AvgIpc) is 2.00. The van der Waals surface area contributed by atoms with E-state index in [9.17, 15) is 5.11 Å². The van der Waals surface area contributed by atoms with E-state index in [4.69, 9.17) is 0 Å². The number of aromatic hydroxyl groups is 1. The van der Waals surface area contributed by atoms with Crippen molar-refractivity contribution in [1.82, 2.24) is 0 Å². The monoisotopic (exact) mass is 226 g/mol. The van der Waals surface area contributed by atoms with Gasteiger partial charge in [0.2, 0.25) is 0 Å². The SMILES string of the molecule is CC=Nc1cc(C)cc(C)c1O.[Cu]. The van der Waals surface area contributed by atoms with Gasteiger partial charge in [-0.1, -0.05) is 6.07 Å². The van der Waals surface area contributed by atoms with Crippen LogP contribution in [0.4, 0.5) is 5.69 Å². The van der Waals surface area contributed by atoms with Gasteiger partial charge in [-0.2, -0.15) is 0 Å². The Morgan fingerprint density at radius 3 is 2.46 bits per heavy atom. The molecule has 0 saturated carbocycles. The van der Waals surface area contributed by atoms with Gasteiger partial charge in [0.1, 0.15) is 11.4 Å². The summed E-state index contributed by atoms with van der Waals surface area (Å²) in [6.45, 7) is 5.69. The molecule has 1 aromatic rings. The third-order valence-corrected chi connectivity index (χ3v) is 1.69. The van der Waals surface area contributed by atoms with Crippen LogP contribution in [0.5, 0.6) is 5.75 Å². The van der Waals surface area contributed by atoms with Crippen molar-refractivity contribution in [2.24, 2.45) is 4.99 Å². The van der Waals surface area contributed by atoms with Crippen molar-refractivity contribution in [3.63, 3.8) is 0 Å². The molecule has 0 aliphatic rings. The first kappa shape index (κ1) is 12.2. The molecule has 2 nitrogen and oxygen atoms in total. The molecule has 0 atom stereocenters. The first-order chi connectivity index (χ1) is 5.65. The molecule has 0 spiro atoms. The number of hydrogen-bond donors (Lipinski definition) is 1. The molecule has 13 heavy (non-hydrogen) atoms. The van der Waals surface area contributed by atoms with E-state index < -0.39 is 0 Å². The second-order valence-electron chi connectivity index (χ2n) is 2.84. The molecule has 75 valence electrons. The fourth-order valence-electron chi connectivity index (χ4n) is 1.18. The Hall–Kier alpha value is -0.791. The summed E-state index contributed by atoms with van der Waals surface area (Å²) >= 11 is 0. The minimum atomic E-state index is 0. The number of rotatable bonds is 1. The maximum absolute atomic E-state index is 9.54. The molecule has 0 unspecified atom stereocenters. The van der Waals surface area contributed by atoms with Crippen molar-refractivity contribution in [2.45, 2.75) is 20.8 Å². The first-order valence-corrected chi connectivity index (χ1v) is 3.94. The van der Waals surface area contributed by atoms with Crippen LogP contribution in [0.25, 0.3) is 0 Å². The van der Waals surface area contributed by atoms with Crippen LogP contribution in [0, 0.1) is 13.8 Å². The van der Waals surface area contributed by atoms with Crippen LogP contribution in [-0.4, -0.2) is 11.3 Å². The molecule has 3 heteroatoms. The molecule has 0 aliphatic carbocycles. The molecule has 1 N–H and O–H groups in total. The van der Waals surface area contributed by atoms with Crippen LogP contribution < -0.4 is 0 Å². The van der Waals surface area contributed by atoms with Crippen LogP contribution in [0.2, 0.25) is 0 Å². The van der Waals surface area contributed by atoms with Gasteiger partial charge in [-0.15, -0.1) is 0 Å². The molecule has 1 rings (SSSR count).